The summed E-state index contributed by atoms with van der Waals surface area (Å²) in [6, 6.07) is 0. The largest absolute Gasteiger partial charge is 0.462 e. The molecule has 0 aliphatic carbocycles. The number of hydrogen-bond acceptors (Lipinski definition) is 6. The third-order valence-corrected chi connectivity index (χ3v) is 11.7. The van der Waals surface area contributed by atoms with E-state index >= 15 is 0 Å². The molecule has 1 unspecified atom stereocenters. The number of carbonyl (C=O) groups is 3. The Kier molecular flexibility index (Phi) is 50.9. The lowest BCUT2D eigenvalue weighted by Gasteiger charge is -2.18. The van der Waals surface area contributed by atoms with E-state index in [0.29, 0.717) is 19.3 Å². The molecule has 0 bridgehead atoms. The van der Waals surface area contributed by atoms with Gasteiger partial charge in [0.25, 0.3) is 0 Å². The fourth-order valence-electron chi connectivity index (χ4n) is 7.60. The number of unbranched alkanes of at least 4 members (excludes halogenated alkanes) is 26. The number of allylic oxidation sites excluding steroid dienone is 12. The third-order valence-electron chi connectivity index (χ3n) is 11.7. The van der Waals surface area contributed by atoms with Crippen LogP contribution in [0.1, 0.15) is 265 Å². The summed E-state index contributed by atoms with van der Waals surface area (Å²) in [6.45, 7) is 6.47. The van der Waals surface area contributed by atoms with Crippen LogP contribution in [0.3, 0.4) is 0 Å². The molecule has 0 aliphatic heterocycles. The summed E-state index contributed by atoms with van der Waals surface area (Å²) >= 11 is 0. The predicted molar refractivity (Wildman–Crippen MR) is 279 cm³/mol. The number of ether oxygens (including phenoxy) is 3. The summed E-state index contributed by atoms with van der Waals surface area (Å²) in [5.41, 5.74) is 0. The van der Waals surface area contributed by atoms with Gasteiger partial charge in [-0.05, 0) is 77.0 Å². The van der Waals surface area contributed by atoms with Crippen LogP contribution < -0.4 is 0 Å². The second kappa shape index (κ2) is 53.5. The molecule has 0 N–H and O–H groups in total. The van der Waals surface area contributed by atoms with Crippen molar-refractivity contribution in [2.45, 2.75) is 271 Å². The van der Waals surface area contributed by atoms with E-state index in [1.54, 1.807) is 0 Å². The fourth-order valence-corrected chi connectivity index (χ4v) is 7.60. The van der Waals surface area contributed by atoms with Gasteiger partial charge in [0.2, 0.25) is 0 Å². The molecule has 0 aromatic rings. The van der Waals surface area contributed by atoms with Crippen LogP contribution in [0.2, 0.25) is 0 Å². The van der Waals surface area contributed by atoms with E-state index in [4.69, 9.17) is 14.2 Å². The van der Waals surface area contributed by atoms with E-state index in [0.717, 1.165) is 89.9 Å². The van der Waals surface area contributed by atoms with E-state index < -0.39 is 6.10 Å². The first-order valence-electron chi connectivity index (χ1n) is 27.4. The molecule has 0 spiro atoms. The van der Waals surface area contributed by atoms with Gasteiger partial charge >= 0.3 is 17.9 Å². The first-order chi connectivity index (χ1) is 32.0. The molecular weight excluding hydrogens is 805 g/mol. The molecule has 6 heteroatoms. The summed E-state index contributed by atoms with van der Waals surface area (Å²) in [6.07, 6.45) is 67.6. The van der Waals surface area contributed by atoms with Crippen LogP contribution in [-0.4, -0.2) is 37.2 Å². The zero-order valence-electron chi connectivity index (χ0n) is 42.7. The van der Waals surface area contributed by atoms with Crippen molar-refractivity contribution < 1.29 is 28.6 Å². The summed E-state index contributed by atoms with van der Waals surface area (Å²) in [5, 5.41) is 0. The standard InChI is InChI=1S/C59H102O6/c1-4-7-10-13-16-19-22-25-27-28-29-30-32-34-37-40-43-46-49-52-58(61)64-55-56(54-63-57(60)51-48-45-42-39-36-33-24-21-18-15-12-9-6-3)65-59(62)53-50-47-44-41-38-35-31-26-23-20-17-14-11-8-5-2/h7,10,16,19,25,27,29-30,33,36,42,45,56H,4-6,8-9,11-15,17-18,20-24,26,28,31-32,34-35,37-41,43-44,46-55H2,1-3H3/b10-7+,19-16+,27-25+,30-29+,36-33+,45-42+. The maximum atomic E-state index is 12.8. The molecule has 1 atom stereocenters. The molecule has 0 amide bonds. The number of carbonyl (C=O) groups excluding carboxylic acids is 3. The van der Waals surface area contributed by atoms with Gasteiger partial charge < -0.3 is 14.2 Å². The van der Waals surface area contributed by atoms with Gasteiger partial charge in [-0.1, -0.05) is 241 Å². The highest BCUT2D eigenvalue weighted by atomic mass is 16.6. The maximum Gasteiger partial charge on any atom is 0.306 e. The van der Waals surface area contributed by atoms with Crippen molar-refractivity contribution in [3.05, 3.63) is 72.9 Å². The minimum atomic E-state index is -0.802. The lowest BCUT2D eigenvalue weighted by molar-refractivity contribution is -0.166. The van der Waals surface area contributed by atoms with E-state index in [2.05, 4.69) is 87.6 Å². The van der Waals surface area contributed by atoms with Crippen LogP contribution in [0.5, 0.6) is 0 Å². The summed E-state index contributed by atoms with van der Waals surface area (Å²) in [7, 11) is 0. The summed E-state index contributed by atoms with van der Waals surface area (Å²) in [5.74, 6) is -0.974. The Labute approximate surface area is 402 Å². The van der Waals surface area contributed by atoms with Crippen molar-refractivity contribution in [2.24, 2.45) is 0 Å². The van der Waals surface area contributed by atoms with Crippen molar-refractivity contribution in [1.82, 2.24) is 0 Å². The predicted octanol–water partition coefficient (Wildman–Crippen LogP) is 18.2. The fraction of sp³-hybridized carbons (Fsp3) is 0.746. The van der Waals surface area contributed by atoms with Gasteiger partial charge in [-0.25, -0.2) is 0 Å². The van der Waals surface area contributed by atoms with Gasteiger partial charge in [-0.15, -0.1) is 0 Å². The van der Waals surface area contributed by atoms with Crippen LogP contribution in [0.15, 0.2) is 72.9 Å². The number of esters is 3. The Balaban J connectivity index is 4.43. The van der Waals surface area contributed by atoms with Crippen LogP contribution in [0.4, 0.5) is 0 Å². The van der Waals surface area contributed by atoms with Crippen LogP contribution in [-0.2, 0) is 28.6 Å². The zero-order chi connectivity index (χ0) is 47.2. The van der Waals surface area contributed by atoms with E-state index in [-0.39, 0.29) is 37.5 Å². The van der Waals surface area contributed by atoms with Gasteiger partial charge in [0.1, 0.15) is 13.2 Å². The van der Waals surface area contributed by atoms with Gasteiger partial charge in [0.15, 0.2) is 6.10 Å². The highest BCUT2D eigenvalue weighted by Crippen LogP contribution is 2.15. The Hall–Kier alpha value is -3.15. The van der Waals surface area contributed by atoms with E-state index in [1.807, 2.05) is 6.08 Å². The van der Waals surface area contributed by atoms with E-state index in [9.17, 15) is 14.4 Å². The molecular formula is C59H102O6. The van der Waals surface area contributed by atoms with Crippen molar-refractivity contribution in [3.8, 4) is 0 Å². The van der Waals surface area contributed by atoms with Crippen LogP contribution in [0, 0.1) is 0 Å². The SMILES string of the molecule is CC/C=C/C/C=C/C/C=C/C/C=C/CCCCCCCCC(=O)OCC(COC(=O)CC/C=C/C/C=C/CCCCCCCC)OC(=O)CCCCCCCCCCCCCCCCC. The highest BCUT2D eigenvalue weighted by Gasteiger charge is 2.19. The Morgan fingerprint density at radius 1 is 0.323 bits per heavy atom. The molecule has 0 aromatic heterocycles. The smallest absolute Gasteiger partial charge is 0.306 e. The summed E-state index contributed by atoms with van der Waals surface area (Å²) < 4.78 is 16.8. The van der Waals surface area contributed by atoms with Crippen molar-refractivity contribution in [3.63, 3.8) is 0 Å². The number of rotatable bonds is 49. The number of hydrogen-bond donors (Lipinski definition) is 0. The van der Waals surface area contributed by atoms with Crippen LogP contribution >= 0.6 is 0 Å². The Morgan fingerprint density at radius 2 is 0.631 bits per heavy atom. The molecule has 0 rings (SSSR count). The van der Waals surface area contributed by atoms with Gasteiger partial charge in [0.05, 0.1) is 0 Å². The van der Waals surface area contributed by atoms with Gasteiger partial charge in [0, 0.05) is 19.3 Å². The molecule has 0 aliphatic rings. The first-order valence-corrected chi connectivity index (χ1v) is 27.4. The molecule has 0 saturated heterocycles. The van der Waals surface area contributed by atoms with Gasteiger partial charge in [-0.3, -0.25) is 14.4 Å². The van der Waals surface area contributed by atoms with Gasteiger partial charge in [-0.2, -0.15) is 0 Å². The lowest BCUT2D eigenvalue weighted by atomic mass is 10.0. The zero-order valence-corrected chi connectivity index (χ0v) is 42.7. The van der Waals surface area contributed by atoms with Crippen molar-refractivity contribution in [2.75, 3.05) is 13.2 Å². The molecule has 0 heterocycles. The second-order valence-electron chi connectivity index (χ2n) is 18.1. The molecule has 0 aromatic carbocycles. The molecule has 0 saturated carbocycles. The van der Waals surface area contributed by atoms with Crippen molar-refractivity contribution in [1.29, 1.82) is 0 Å². The molecule has 0 fully saturated rings. The average molecular weight is 907 g/mol. The van der Waals surface area contributed by atoms with Crippen LogP contribution in [0.25, 0.3) is 0 Å². The first kappa shape index (κ1) is 61.9. The Morgan fingerprint density at radius 3 is 1.03 bits per heavy atom. The summed E-state index contributed by atoms with van der Waals surface area (Å²) in [4.78, 5) is 38.0. The minimum Gasteiger partial charge on any atom is -0.462 e. The molecule has 6 nitrogen and oxygen atoms in total. The third kappa shape index (κ3) is 51.7. The van der Waals surface area contributed by atoms with E-state index in [1.165, 1.54) is 128 Å². The maximum absolute atomic E-state index is 12.8. The Bertz CT molecular complexity index is 1230. The van der Waals surface area contributed by atoms with Crippen molar-refractivity contribution >= 4 is 17.9 Å². The normalized spacial score (nSPS) is 12.6. The average Bonchev–Trinajstić information content (AvgIpc) is 3.30. The lowest BCUT2D eigenvalue weighted by Crippen LogP contribution is -2.30. The molecule has 0 radical (unpaired) electrons. The topological polar surface area (TPSA) is 78.9 Å². The second-order valence-corrected chi connectivity index (χ2v) is 18.1. The quantitative estimate of drug-likeness (QED) is 0.0262. The minimum absolute atomic E-state index is 0.0982. The molecule has 374 valence electrons. The molecule has 65 heavy (non-hydrogen) atoms. The highest BCUT2D eigenvalue weighted by molar-refractivity contribution is 5.71. The monoisotopic (exact) mass is 907 g/mol.